The lowest BCUT2D eigenvalue weighted by Crippen LogP contribution is -2.34. The lowest BCUT2D eigenvalue weighted by atomic mass is 9.84. The second-order valence-corrected chi connectivity index (χ2v) is 5.99. The summed E-state index contributed by atoms with van der Waals surface area (Å²) < 4.78 is 0. The Morgan fingerprint density at radius 2 is 2.06 bits per heavy atom. The van der Waals surface area contributed by atoms with E-state index in [0.717, 1.165) is 5.92 Å². The zero-order valence-electron chi connectivity index (χ0n) is 10.3. The first-order valence-corrected chi connectivity index (χ1v) is 7.31. The molecule has 1 saturated carbocycles. The third kappa shape index (κ3) is 3.05. The van der Waals surface area contributed by atoms with Gasteiger partial charge in [-0.3, -0.25) is 0 Å². The van der Waals surface area contributed by atoms with Crippen LogP contribution in [0.15, 0.2) is 11.6 Å². The number of aromatic nitrogens is 1. The average Bonchev–Trinajstić information content (AvgIpc) is 2.80. The molecule has 1 aromatic rings. The normalized spacial score (nSPS) is 20.2. The van der Waals surface area contributed by atoms with Crippen LogP contribution in [0.4, 0.5) is 0 Å². The van der Waals surface area contributed by atoms with Crippen LogP contribution in [0.1, 0.15) is 57.0 Å². The molecule has 1 heterocycles. The van der Waals surface area contributed by atoms with Crippen molar-refractivity contribution < 1.29 is 0 Å². The van der Waals surface area contributed by atoms with Crippen LogP contribution >= 0.6 is 11.3 Å². The highest BCUT2D eigenvalue weighted by Gasteiger charge is 2.26. The Morgan fingerprint density at radius 3 is 2.62 bits per heavy atom. The van der Waals surface area contributed by atoms with Crippen molar-refractivity contribution in [1.29, 1.82) is 0 Å². The van der Waals surface area contributed by atoms with Crippen molar-refractivity contribution in [3.8, 4) is 0 Å². The van der Waals surface area contributed by atoms with Gasteiger partial charge in [-0.2, -0.15) is 0 Å². The molecule has 1 unspecified atom stereocenters. The van der Waals surface area contributed by atoms with E-state index in [4.69, 9.17) is 0 Å². The van der Waals surface area contributed by atoms with Crippen LogP contribution in [-0.2, 0) is 0 Å². The monoisotopic (exact) mass is 238 g/mol. The smallest absolute Gasteiger partial charge is 0.110 e. The molecule has 0 bridgehead atoms. The van der Waals surface area contributed by atoms with E-state index in [2.05, 4.69) is 29.5 Å². The summed E-state index contributed by atoms with van der Waals surface area (Å²) in [4.78, 5) is 4.50. The second kappa shape index (κ2) is 5.78. The van der Waals surface area contributed by atoms with Crippen LogP contribution in [0.3, 0.4) is 0 Å². The van der Waals surface area contributed by atoms with Crippen LogP contribution in [0.25, 0.3) is 0 Å². The Labute approximate surface area is 102 Å². The zero-order chi connectivity index (χ0) is 11.4. The maximum atomic E-state index is 4.50. The summed E-state index contributed by atoms with van der Waals surface area (Å²) in [7, 11) is 0. The Bertz CT molecular complexity index is 289. The quantitative estimate of drug-likeness (QED) is 0.864. The molecule has 1 aliphatic carbocycles. The molecule has 2 rings (SSSR count). The van der Waals surface area contributed by atoms with Crippen molar-refractivity contribution in [3.05, 3.63) is 16.6 Å². The van der Waals surface area contributed by atoms with Gasteiger partial charge in [0.15, 0.2) is 0 Å². The molecule has 0 aromatic carbocycles. The lowest BCUT2D eigenvalue weighted by Gasteiger charge is -2.31. The van der Waals surface area contributed by atoms with E-state index in [1.54, 1.807) is 11.3 Å². The number of nitrogens with one attached hydrogen (secondary N) is 1. The molecule has 0 aliphatic heterocycles. The van der Waals surface area contributed by atoms with Gasteiger partial charge in [-0.1, -0.05) is 33.1 Å². The van der Waals surface area contributed by atoms with Gasteiger partial charge in [0.05, 0.1) is 6.04 Å². The molecule has 1 aliphatic rings. The van der Waals surface area contributed by atoms with Crippen LogP contribution in [0.5, 0.6) is 0 Å². The predicted molar refractivity (Wildman–Crippen MR) is 69.7 cm³/mol. The Kier molecular flexibility index (Phi) is 4.36. The molecule has 0 spiro atoms. The molecular formula is C13H22N2S. The molecule has 1 N–H and O–H groups in total. The van der Waals surface area contributed by atoms with Gasteiger partial charge < -0.3 is 5.32 Å². The largest absolute Gasteiger partial charge is 0.305 e. The van der Waals surface area contributed by atoms with Gasteiger partial charge in [-0.15, -0.1) is 11.3 Å². The van der Waals surface area contributed by atoms with Gasteiger partial charge >= 0.3 is 0 Å². The minimum atomic E-state index is 0.486. The molecule has 0 radical (unpaired) electrons. The fraction of sp³-hybridized carbons (Fsp3) is 0.769. The van der Waals surface area contributed by atoms with E-state index in [9.17, 15) is 0 Å². The minimum Gasteiger partial charge on any atom is -0.305 e. The predicted octanol–water partition coefficient (Wildman–Crippen LogP) is 3.76. The number of nitrogens with zero attached hydrogens (tertiary/aromatic N) is 1. The van der Waals surface area contributed by atoms with Gasteiger partial charge in [0.25, 0.3) is 0 Å². The van der Waals surface area contributed by atoms with E-state index in [0.29, 0.717) is 12.1 Å². The standard InChI is InChI=1S/C13H22N2S/c1-10(2)15-12(13-14-8-9-16-13)11-6-4-3-5-7-11/h8-12,15H,3-7H2,1-2H3. The van der Waals surface area contributed by atoms with Crippen molar-refractivity contribution in [3.63, 3.8) is 0 Å². The average molecular weight is 238 g/mol. The molecule has 1 aromatic heterocycles. The van der Waals surface area contributed by atoms with Crippen molar-refractivity contribution >= 4 is 11.3 Å². The number of rotatable bonds is 4. The highest BCUT2D eigenvalue weighted by molar-refractivity contribution is 7.09. The van der Waals surface area contributed by atoms with Crippen molar-refractivity contribution in [2.75, 3.05) is 0 Å². The van der Waals surface area contributed by atoms with E-state index in [-0.39, 0.29) is 0 Å². The molecule has 3 heteroatoms. The van der Waals surface area contributed by atoms with Gasteiger partial charge in [0, 0.05) is 17.6 Å². The van der Waals surface area contributed by atoms with Crippen LogP contribution in [-0.4, -0.2) is 11.0 Å². The SMILES string of the molecule is CC(C)NC(c1nccs1)C1CCCCC1. The summed E-state index contributed by atoms with van der Waals surface area (Å²) in [6, 6.07) is 1.02. The summed E-state index contributed by atoms with van der Waals surface area (Å²) in [5.74, 6) is 0.794. The minimum absolute atomic E-state index is 0.486. The first-order chi connectivity index (χ1) is 7.77. The van der Waals surface area contributed by atoms with E-state index in [1.807, 2.05) is 6.20 Å². The number of hydrogen-bond acceptors (Lipinski definition) is 3. The molecule has 0 amide bonds. The van der Waals surface area contributed by atoms with Crippen molar-refractivity contribution in [2.24, 2.45) is 5.92 Å². The van der Waals surface area contributed by atoms with Gasteiger partial charge in [0.2, 0.25) is 0 Å². The Hall–Kier alpha value is -0.410. The second-order valence-electron chi connectivity index (χ2n) is 5.07. The summed E-state index contributed by atoms with van der Waals surface area (Å²) >= 11 is 1.79. The van der Waals surface area contributed by atoms with Crippen LogP contribution in [0, 0.1) is 5.92 Å². The summed E-state index contributed by atoms with van der Waals surface area (Å²) in [6.07, 6.45) is 8.87. The summed E-state index contributed by atoms with van der Waals surface area (Å²) in [5.41, 5.74) is 0. The zero-order valence-corrected chi connectivity index (χ0v) is 11.1. The van der Waals surface area contributed by atoms with Gasteiger partial charge in [-0.25, -0.2) is 4.98 Å². The molecule has 1 atom stereocenters. The highest BCUT2D eigenvalue weighted by atomic mass is 32.1. The maximum absolute atomic E-state index is 4.50. The molecular weight excluding hydrogens is 216 g/mol. The Morgan fingerprint density at radius 1 is 1.31 bits per heavy atom. The molecule has 16 heavy (non-hydrogen) atoms. The van der Waals surface area contributed by atoms with Gasteiger partial charge in [0.1, 0.15) is 5.01 Å². The highest BCUT2D eigenvalue weighted by Crippen LogP contribution is 2.35. The molecule has 0 saturated heterocycles. The number of hydrogen-bond donors (Lipinski definition) is 1. The molecule has 1 fully saturated rings. The first-order valence-electron chi connectivity index (χ1n) is 6.43. The fourth-order valence-corrected chi connectivity index (χ4v) is 3.41. The van der Waals surface area contributed by atoms with Crippen molar-refractivity contribution in [1.82, 2.24) is 10.3 Å². The Balaban J connectivity index is 2.07. The van der Waals surface area contributed by atoms with Crippen LogP contribution < -0.4 is 5.32 Å². The third-order valence-corrected chi connectivity index (χ3v) is 4.21. The van der Waals surface area contributed by atoms with Gasteiger partial charge in [-0.05, 0) is 18.8 Å². The lowest BCUT2D eigenvalue weighted by molar-refractivity contribution is 0.260. The van der Waals surface area contributed by atoms with E-state index in [1.165, 1.54) is 37.1 Å². The fourth-order valence-electron chi connectivity index (χ4n) is 2.62. The van der Waals surface area contributed by atoms with E-state index < -0.39 is 0 Å². The van der Waals surface area contributed by atoms with Crippen LogP contribution in [0.2, 0.25) is 0 Å². The topological polar surface area (TPSA) is 24.9 Å². The van der Waals surface area contributed by atoms with E-state index >= 15 is 0 Å². The third-order valence-electron chi connectivity index (χ3n) is 3.35. The molecule has 90 valence electrons. The van der Waals surface area contributed by atoms with Crippen molar-refractivity contribution in [2.45, 2.75) is 58.0 Å². The number of thiazole rings is 1. The molecule has 2 nitrogen and oxygen atoms in total. The summed E-state index contributed by atoms with van der Waals surface area (Å²) in [5, 5.41) is 7.07. The maximum Gasteiger partial charge on any atom is 0.110 e. The summed E-state index contributed by atoms with van der Waals surface area (Å²) in [6.45, 7) is 4.45. The first kappa shape index (κ1) is 12.1.